The van der Waals surface area contributed by atoms with Crippen LogP contribution < -0.4 is 21.3 Å². The minimum absolute atomic E-state index is 0.155. The van der Waals surface area contributed by atoms with Gasteiger partial charge in [0.25, 0.3) is 5.91 Å². The van der Waals surface area contributed by atoms with Crippen molar-refractivity contribution in [3.63, 3.8) is 0 Å². The van der Waals surface area contributed by atoms with Crippen LogP contribution in [0.3, 0.4) is 0 Å². The molecule has 0 bridgehead atoms. The molecule has 7 nitrogen and oxygen atoms in total. The van der Waals surface area contributed by atoms with Crippen molar-refractivity contribution in [2.24, 2.45) is 0 Å². The number of nitrogens with zero attached hydrogens (tertiary/aromatic N) is 2. The molecule has 0 radical (unpaired) electrons. The van der Waals surface area contributed by atoms with Gasteiger partial charge in [0, 0.05) is 46.4 Å². The number of rotatable bonds is 6. The van der Waals surface area contributed by atoms with E-state index in [0.29, 0.717) is 23.8 Å². The van der Waals surface area contributed by atoms with Gasteiger partial charge < -0.3 is 26.0 Å². The number of ether oxygens (including phenoxy) is 1. The van der Waals surface area contributed by atoms with E-state index in [4.69, 9.17) is 10.5 Å². The van der Waals surface area contributed by atoms with Crippen LogP contribution in [0.15, 0.2) is 0 Å². The van der Waals surface area contributed by atoms with E-state index in [9.17, 15) is 4.79 Å². The third-order valence-electron chi connectivity index (χ3n) is 3.05. The molecule has 0 saturated carbocycles. The average molecular weight is 299 g/mol. The summed E-state index contributed by atoms with van der Waals surface area (Å²) >= 11 is 1.36. The Morgan fingerprint density at radius 3 is 3.00 bits per heavy atom. The number of carbonyl (C=O) groups is 1. The number of anilines is 2. The zero-order valence-corrected chi connectivity index (χ0v) is 12.5. The van der Waals surface area contributed by atoms with Crippen LogP contribution >= 0.6 is 11.3 Å². The number of nitrogens with two attached hydrogens (primary N) is 1. The highest BCUT2D eigenvalue weighted by Crippen LogP contribution is 2.28. The lowest BCUT2D eigenvalue weighted by Gasteiger charge is -2.26. The van der Waals surface area contributed by atoms with Crippen molar-refractivity contribution in [1.29, 1.82) is 0 Å². The molecule has 1 fully saturated rings. The lowest BCUT2D eigenvalue weighted by atomic mass is 10.4. The topological polar surface area (TPSA) is 92.5 Å². The normalized spacial score (nSPS) is 15.3. The molecule has 0 spiro atoms. The standard InChI is InChI=1S/C12H21N5O2S/c1-19-8-2-3-15-11(18)9-10(13)16-12(20-9)17-6-4-14-5-7-17/h14H,2-8,13H2,1H3,(H,15,18). The van der Waals surface area contributed by atoms with Gasteiger partial charge in [-0.15, -0.1) is 0 Å². The van der Waals surface area contributed by atoms with Crippen LogP contribution in [0.5, 0.6) is 0 Å². The Morgan fingerprint density at radius 2 is 2.30 bits per heavy atom. The van der Waals surface area contributed by atoms with E-state index in [2.05, 4.69) is 20.5 Å². The molecular weight excluding hydrogens is 278 g/mol. The van der Waals surface area contributed by atoms with E-state index in [-0.39, 0.29) is 5.91 Å². The second kappa shape index (κ2) is 7.41. The first-order valence-corrected chi connectivity index (χ1v) is 7.53. The largest absolute Gasteiger partial charge is 0.385 e. The number of aromatic nitrogens is 1. The number of thiazole rings is 1. The van der Waals surface area contributed by atoms with E-state index < -0.39 is 0 Å². The molecule has 2 heterocycles. The first-order chi connectivity index (χ1) is 9.72. The SMILES string of the molecule is COCCCNC(=O)c1sc(N2CCNCC2)nc1N. The van der Waals surface area contributed by atoms with Crippen LogP contribution in [0.1, 0.15) is 16.1 Å². The monoisotopic (exact) mass is 299 g/mol. The van der Waals surface area contributed by atoms with Crippen LogP contribution in [-0.2, 0) is 4.74 Å². The summed E-state index contributed by atoms with van der Waals surface area (Å²) in [6.45, 7) is 4.84. The van der Waals surface area contributed by atoms with Crippen molar-refractivity contribution in [3.05, 3.63) is 4.88 Å². The van der Waals surface area contributed by atoms with E-state index in [1.165, 1.54) is 11.3 Å². The Bertz CT molecular complexity index is 445. The number of methoxy groups -OCH3 is 1. The first kappa shape index (κ1) is 15.0. The second-order valence-corrected chi connectivity index (χ2v) is 5.53. The number of amides is 1. The van der Waals surface area contributed by atoms with Crippen LogP contribution in [0.4, 0.5) is 10.9 Å². The molecule has 0 unspecified atom stereocenters. The molecule has 1 aliphatic rings. The molecule has 20 heavy (non-hydrogen) atoms. The quantitative estimate of drug-likeness (QED) is 0.635. The maximum Gasteiger partial charge on any atom is 0.265 e. The molecule has 4 N–H and O–H groups in total. The summed E-state index contributed by atoms with van der Waals surface area (Å²) < 4.78 is 4.94. The Kier molecular flexibility index (Phi) is 5.57. The fourth-order valence-corrected chi connectivity index (χ4v) is 2.93. The highest BCUT2D eigenvalue weighted by Gasteiger charge is 2.20. The van der Waals surface area contributed by atoms with E-state index in [1.807, 2.05) is 0 Å². The third kappa shape index (κ3) is 3.81. The molecule has 8 heteroatoms. The minimum Gasteiger partial charge on any atom is -0.385 e. The Morgan fingerprint density at radius 1 is 1.55 bits per heavy atom. The smallest absolute Gasteiger partial charge is 0.265 e. The summed E-state index contributed by atoms with van der Waals surface area (Å²) in [5.74, 6) is 0.158. The Labute approximate surface area is 122 Å². The average Bonchev–Trinajstić information content (AvgIpc) is 2.86. The van der Waals surface area contributed by atoms with Crippen LogP contribution in [0.25, 0.3) is 0 Å². The van der Waals surface area contributed by atoms with Crippen molar-refractivity contribution in [2.45, 2.75) is 6.42 Å². The summed E-state index contributed by atoms with van der Waals surface area (Å²) in [5, 5.41) is 6.94. The Hall–Kier alpha value is -1.38. The number of carbonyl (C=O) groups excluding carboxylic acids is 1. The zero-order valence-electron chi connectivity index (χ0n) is 11.6. The van der Waals surface area contributed by atoms with E-state index in [0.717, 1.165) is 37.7 Å². The zero-order chi connectivity index (χ0) is 14.4. The van der Waals surface area contributed by atoms with Crippen molar-refractivity contribution in [3.8, 4) is 0 Å². The highest BCUT2D eigenvalue weighted by atomic mass is 32.1. The summed E-state index contributed by atoms with van der Waals surface area (Å²) in [6, 6.07) is 0. The molecule has 112 valence electrons. The number of nitrogen functional groups attached to an aromatic ring is 1. The molecule has 1 amide bonds. The van der Waals surface area contributed by atoms with Crippen molar-refractivity contribution < 1.29 is 9.53 Å². The first-order valence-electron chi connectivity index (χ1n) is 6.71. The molecule has 0 aliphatic carbocycles. The van der Waals surface area contributed by atoms with Crippen molar-refractivity contribution >= 4 is 28.2 Å². The predicted molar refractivity (Wildman–Crippen MR) is 80.4 cm³/mol. The maximum atomic E-state index is 12.0. The summed E-state index contributed by atoms with van der Waals surface area (Å²) in [6.07, 6.45) is 0.783. The summed E-state index contributed by atoms with van der Waals surface area (Å²) in [4.78, 5) is 19.0. The van der Waals surface area contributed by atoms with Crippen LogP contribution in [-0.4, -0.2) is 57.3 Å². The van der Waals surface area contributed by atoms with Gasteiger partial charge in [-0.1, -0.05) is 11.3 Å². The van der Waals surface area contributed by atoms with Crippen molar-refractivity contribution in [1.82, 2.24) is 15.6 Å². The van der Waals surface area contributed by atoms with Gasteiger partial charge in [0.05, 0.1) is 0 Å². The molecule has 2 rings (SSSR count). The van der Waals surface area contributed by atoms with Gasteiger partial charge in [-0.3, -0.25) is 4.79 Å². The lowest BCUT2D eigenvalue weighted by molar-refractivity contribution is 0.0953. The van der Waals surface area contributed by atoms with Gasteiger partial charge in [-0.25, -0.2) is 4.98 Å². The number of hydrogen-bond acceptors (Lipinski definition) is 7. The van der Waals surface area contributed by atoms with Crippen molar-refractivity contribution in [2.75, 3.05) is 57.1 Å². The van der Waals surface area contributed by atoms with Crippen LogP contribution in [0, 0.1) is 0 Å². The molecule has 1 aromatic rings. The van der Waals surface area contributed by atoms with Gasteiger partial charge in [0.1, 0.15) is 10.7 Å². The molecule has 0 aromatic carbocycles. The fraction of sp³-hybridized carbons (Fsp3) is 0.667. The molecule has 1 aliphatic heterocycles. The lowest BCUT2D eigenvalue weighted by Crippen LogP contribution is -2.43. The van der Waals surface area contributed by atoms with Gasteiger partial charge >= 0.3 is 0 Å². The van der Waals surface area contributed by atoms with E-state index in [1.54, 1.807) is 7.11 Å². The highest BCUT2D eigenvalue weighted by molar-refractivity contribution is 7.18. The molecule has 1 aromatic heterocycles. The third-order valence-corrected chi connectivity index (χ3v) is 4.18. The van der Waals surface area contributed by atoms with E-state index >= 15 is 0 Å². The number of piperazine rings is 1. The maximum absolute atomic E-state index is 12.0. The molecule has 0 atom stereocenters. The van der Waals surface area contributed by atoms with Gasteiger partial charge in [0.15, 0.2) is 5.13 Å². The second-order valence-electron chi connectivity index (χ2n) is 4.55. The predicted octanol–water partition coefficient (Wildman–Crippen LogP) is -0.0988. The van der Waals surface area contributed by atoms with Crippen LogP contribution in [0.2, 0.25) is 0 Å². The summed E-state index contributed by atoms with van der Waals surface area (Å²) in [7, 11) is 1.64. The summed E-state index contributed by atoms with van der Waals surface area (Å²) in [5.41, 5.74) is 5.85. The van der Waals surface area contributed by atoms with Gasteiger partial charge in [-0.05, 0) is 6.42 Å². The van der Waals surface area contributed by atoms with Gasteiger partial charge in [-0.2, -0.15) is 0 Å². The number of nitrogens with one attached hydrogen (secondary N) is 2. The fourth-order valence-electron chi connectivity index (χ4n) is 1.97. The number of hydrogen-bond donors (Lipinski definition) is 3. The molecule has 1 saturated heterocycles. The minimum atomic E-state index is -0.155. The molecular formula is C12H21N5O2S. The van der Waals surface area contributed by atoms with Gasteiger partial charge in [0.2, 0.25) is 0 Å². The Balaban J connectivity index is 1.94.